The van der Waals surface area contributed by atoms with Gasteiger partial charge in [0.1, 0.15) is 7.85 Å². The average Bonchev–Trinajstić information content (AvgIpc) is 2.24. The molecule has 0 spiro atoms. The van der Waals surface area contributed by atoms with Crippen LogP contribution in [0.2, 0.25) is 5.31 Å². The van der Waals surface area contributed by atoms with E-state index in [-0.39, 0.29) is 0 Å². The molecule has 106 valence electrons. The first-order chi connectivity index (χ1) is 8.16. The molecule has 1 fully saturated rings. The number of halogens is 1. The molecule has 0 aliphatic heterocycles. The largest absolute Gasteiger partial charge is 0.110 e. The molecule has 0 aromatic heterocycles. The number of hydrogen-bond donors (Lipinski definition) is 0. The fourth-order valence-electron chi connectivity index (χ4n) is 3.19. The van der Waals surface area contributed by atoms with Crippen molar-refractivity contribution in [3.63, 3.8) is 0 Å². The summed E-state index contributed by atoms with van der Waals surface area (Å²) in [6.45, 7) is 9.68. The zero-order valence-electron chi connectivity index (χ0n) is 13.2. The van der Waals surface area contributed by atoms with Gasteiger partial charge in [0.2, 0.25) is 0 Å². The van der Waals surface area contributed by atoms with Crippen LogP contribution in [0.25, 0.3) is 0 Å². The van der Waals surface area contributed by atoms with Gasteiger partial charge < -0.3 is 0 Å². The van der Waals surface area contributed by atoms with Crippen LogP contribution in [-0.4, -0.2) is 12.2 Å². The van der Waals surface area contributed by atoms with Gasteiger partial charge >= 0.3 is 0 Å². The summed E-state index contributed by atoms with van der Waals surface area (Å²) in [7, 11) is 2.53. The van der Waals surface area contributed by atoms with Crippen molar-refractivity contribution in [2.24, 2.45) is 5.41 Å². The Hall–Kier alpha value is 0.545. The fraction of sp³-hybridized carbons (Fsp3) is 1.00. The van der Waals surface area contributed by atoms with Crippen LogP contribution in [0.5, 0.6) is 0 Å². The summed E-state index contributed by atoms with van der Waals surface area (Å²) < 4.78 is 0.398. The Morgan fingerprint density at radius 1 is 0.833 bits per heavy atom. The van der Waals surface area contributed by atoms with Crippen LogP contribution in [-0.2, 0) is 0 Å². The molecule has 0 aromatic carbocycles. The summed E-state index contributed by atoms with van der Waals surface area (Å²) in [6.07, 6.45) is 12.5. The lowest BCUT2D eigenvalue weighted by molar-refractivity contribution is 0.222. The summed E-state index contributed by atoms with van der Waals surface area (Å²) in [5, 5.41) is 0.528. The Labute approximate surface area is 124 Å². The highest BCUT2D eigenvalue weighted by Crippen LogP contribution is 2.51. The molecule has 0 nitrogen and oxygen atoms in total. The highest BCUT2D eigenvalue weighted by Gasteiger charge is 2.36. The second-order valence-electron chi connectivity index (χ2n) is 7.99. The van der Waals surface area contributed by atoms with Crippen LogP contribution in [0, 0.1) is 5.41 Å². The van der Waals surface area contributed by atoms with Gasteiger partial charge in [-0.1, -0.05) is 87.0 Å². The van der Waals surface area contributed by atoms with Gasteiger partial charge in [0.15, 0.2) is 0 Å². The highest BCUT2D eigenvalue weighted by atomic mass is 79.9. The minimum absolute atomic E-state index is 0.398. The molecule has 0 aromatic rings. The monoisotopic (exact) mass is 314 g/mol. The molecule has 0 N–H and O–H groups in total. The summed E-state index contributed by atoms with van der Waals surface area (Å²) in [5.74, 6) is 0. The summed E-state index contributed by atoms with van der Waals surface area (Å²) in [6, 6.07) is 0. The van der Waals surface area contributed by atoms with Gasteiger partial charge in [0.05, 0.1) is 0 Å². The van der Waals surface area contributed by atoms with Gasteiger partial charge in [-0.15, -0.1) is 0 Å². The van der Waals surface area contributed by atoms with Gasteiger partial charge in [-0.2, -0.15) is 0 Å². The maximum atomic E-state index is 3.93. The normalized spacial score (nSPS) is 36.9. The topological polar surface area (TPSA) is 0 Å². The molecule has 18 heavy (non-hydrogen) atoms. The number of rotatable bonds is 0. The fourth-order valence-corrected chi connectivity index (χ4v) is 3.76. The molecule has 0 heterocycles. The van der Waals surface area contributed by atoms with Crippen molar-refractivity contribution in [3.8, 4) is 0 Å². The molecule has 2 heteroatoms. The van der Waals surface area contributed by atoms with Crippen LogP contribution in [0.4, 0.5) is 0 Å². The lowest BCUT2D eigenvalue weighted by Crippen LogP contribution is -2.29. The molecule has 2 atom stereocenters. The molecule has 1 aliphatic carbocycles. The van der Waals surface area contributed by atoms with Crippen molar-refractivity contribution in [2.45, 2.75) is 95.1 Å². The first-order valence-electron chi connectivity index (χ1n) is 7.85. The van der Waals surface area contributed by atoms with E-state index < -0.39 is 0 Å². The molecular formula is C16H32BBr. The Bertz CT molecular complexity index is 254. The van der Waals surface area contributed by atoms with E-state index in [0.29, 0.717) is 15.1 Å². The van der Waals surface area contributed by atoms with Crippen LogP contribution in [0.1, 0.15) is 85.5 Å². The molecule has 1 aliphatic rings. The molecule has 0 radical (unpaired) electrons. The first kappa shape index (κ1) is 16.6. The molecule has 2 unspecified atom stereocenters. The van der Waals surface area contributed by atoms with Crippen molar-refractivity contribution in [1.82, 2.24) is 0 Å². The predicted molar refractivity (Wildman–Crippen MR) is 89.6 cm³/mol. The summed E-state index contributed by atoms with van der Waals surface area (Å²) >= 11 is 3.93. The van der Waals surface area contributed by atoms with E-state index in [1.54, 1.807) is 0 Å². The van der Waals surface area contributed by atoms with Crippen LogP contribution < -0.4 is 0 Å². The molecule has 0 amide bonds. The van der Waals surface area contributed by atoms with Crippen molar-refractivity contribution in [3.05, 3.63) is 0 Å². The van der Waals surface area contributed by atoms with Gasteiger partial charge in [-0.3, -0.25) is 0 Å². The third kappa shape index (κ3) is 4.91. The smallest absolute Gasteiger partial charge is 0.0856 e. The van der Waals surface area contributed by atoms with E-state index in [1.807, 2.05) is 0 Å². The number of hydrogen-bond acceptors (Lipinski definition) is 0. The summed E-state index contributed by atoms with van der Waals surface area (Å²) in [5.41, 5.74) is 0.443. The SMILES string of the molecule is BC1(C(C)(C)C)CCCCCC(C)(Br)CCCC1. The minimum Gasteiger partial charge on any atom is -0.0856 e. The Morgan fingerprint density at radius 2 is 1.22 bits per heavy atom. The zero-order valence-corrected chi connectivity index (χ0v) is 14.8. The molecular weight excluding hydrogens is 283 g/mol. The molecule has 1 saturated carbocycles. The Kier molecular flexibility index (Phi) is 5.84. The molecule has 1 rings (SSSR count). The Morgan fingerprint density at radius 3 is 1.72 bits per heavy atom. The lowest BCUT2D eigenvalue weighted by atomic mass is 9.50. The van der Waals surface area contributed by atoms with Gasteiger partial charge in [-0.25, -0.2) is 0 Å². The second kappa shape index (κ2) is 6.33. The van der Waals surface area contributed by atoms with E-state index in [9.17, 15) is 0 Å². The average molecular weight is 315 g/mol. The number of alkyl halides is 1. The quantitative estimate of drug-likeness (QED) is 0.409. The van der Waals surface area contributed by atoms with E-state index in [1.165, 1.54) is 57.8 Å². The molecule has 0 bridgehead atoms. The minimum atomic E-state index is 0.398. The predicted octanol–water partition coefficient (Wildman–Crippen LogP) is 5.50. The highest BCUT2D eigenvalue weighted by molar-refractivity contribution is 9.10. The molecule has 0 saturated heterocycles. The zero-order chi connectivity index (χ0) is 13.9. The third-order valence-electron chi connectivity index (χ3n) is 5.41. The Balaban J connectivity index is 2.66. The van der Waals surface area contributed by atoms with E-state index in [0.717, 1.165) is 0 Å². The van der Waals surface area contributed by atoms with Crippen molar-refractivity contribution in [2.75, 3.05) is 0 Å². The van der Waals surface area contributed by atoms with Gasteiger partial charge in [-0.05, 0) is 25.2 Å². The van der Waals surface area contributed by atoms with E-state index >= 15 is 0 Å². The maximum absolute atomic E-state index is 3.93. The van der Waals surface area contributed by atoms with Crippen LogP contribution >= 0.6 is 15.9 Å². The summed E-state index contributed by atoms with van der Waals surface area (Å²) in [4.78, 5) is 0. The third-order valence-corrected chi connectivity index (χ3v) is 6.21. The van der Waals surface area contributed by atoms with Crippen LogP contribution in [0.15, 0.2) is 0 Å². The van der Waals surface area contributed by atoms with Crippen molar-refractivity contribution < 1.29 is 0 Å². The van der Waals surface area contributed by atoms with Gasteiger partial charge in [0.25, 0.3) is 0 Å². The van der Waals surface area contributed by atoms with Gasteiger partial charge in [0, 0.05) is 4.32 Å². The van der Waals surface area contributed by atoms with Crippen molar-refractivity contribution >= 4 is 23.8 Å². The van der Waals surface area contributed by atoms with Crippen LogP contribution in [0.3, 0.4) is 0 Å². The van der Waals surface area contributed by atoms with E-state index in [4.69, 9.17) is 0 Å². The van der Waals surface area contributed by atoms with E-state index in [2.05, 4.69) is 51.5 Å². The standard InChI is InChI=1S/C16H32BBr/c1-14(2,3)16(17)12-7-5-6-10-15(4,18)11-8-9-13-16/h5-13,17H2,1-4H3. The lowest BCUT2D eigenvalue weighted by Gasteiger charge is -2.43. The maximum Gasteiger partial charge on any atom is 0.110 e. The van der Waals surface area contributed by atoms with Crippen molar-refractivity contribution in [1.29, 1.82) is 0 Å². The first-order valence-corrected chi connectivity index (χ1v) is 8.65. The second-order valence-corrected chi connectivity index (χ2v) is 9.91.